The van der Waals surface area contributed by atoms with Crippen LogP contribution < -0.4 is 0 Å². The second kappa shape index (κ2) is 7.53. The molecule has 0 spiro atoms. The van der Waals surface area contributed by atoms with Gasteiger partial charge in [-0.1, -0.05) is 29.8 Å². The molecule has 0 N–H and O–H groups in total. The van der Waals surface area contributed by atoms with Gasteiger partial charge < -0.3 is 4.90 Å². The predicted octanol–water partition coefficient (Wildman–Crippen LogP) is 5.00. The monoisotopic (exact) mass is 351 g/mol. The molecule has 0 aliphatic carbocycles. The molecular weight excluding hydrogens is 334 g/mol. The lowest BCUT2D eigenvalue weighted by Crippen LogP contribution is -2.31. The zero-order chi connectivity index (χ0) is 15.4. The van der Waals surface area contributed by atoms with Crippen molar-refractivity contribution in [2.75, 3.05) is 12.3 Å². The molecule has 5 heteroatoms. The summed E-state index contributed by atoms with van der Waals surface area (Å²) in [5, 5.41) is 2.84. The third-order valence-electron chi connectivity index (χ3n) is 3.85. The minimum Gasteiger partial charge on any atom is -0.334 e. The molecule has 0 radical (unpaired) electrons. The second-order valence-electron chi connectivity index (χ2n) is 5.38. The van der Waals surface area contributed by atoms with Gasteiger partial charge in [-0.3, -0.25) is 4.79 Å². The average molecular weight is 352 g/mol. The van der Waals surface area contributed by atoms with Crippen molar-refractivity contribution in [3.63, 3.8) is 0 Å². The maximum absolute atomic E-state index is 12.5. The Balaban J connectivity index is 1.52. The van der Waals surface area contributed by atoms with Crippen molar-refractivity contribution >= 4 is 40.6 Å². The second-order valence-corrected chi connectivity index (χ2v) is 7.78. The molecule has 1 amide bonds. The topological polar surface area (TPSA) is 20.3 Å². The number of amides is 1. The molecule has 1 aromatic heterocycles. The molecule has 1 saturated heterocycles. The Bertz CT molecular complexity index is 612. The predicted molar refractivity (Wildman–Crippen MR) is 95.6 cm³/mol. The quantitative estimate of drug-likeness (QED) is 0.755. The molecule has 0 saturated carbocycles. The summed E-state index contributed by atoms with van der Waals surface area (Å²) in [5.41, 5.74) is 1.21. The van der Waals surface area contributed by atoms with Crippen LogP contribution in [0.5, 0.6) is 0 Å². The minimum absolute atomic E-state index is 0.259. The van der Waals surface area contributed by atoms with E-state index in [1.165, 1.54) is 10.4 Å². The SMILES string of the molecule is O=C(CSCc1ccc(Cl)cc1)N1CCCC1c1cccs1. The van der Waals surface area contributed by atoms with Gasteiger partial charge in [-0.15, -0.1) is 23.1 Å². The minimum atomic E-state index is 0.259. The van der Waals surface area contributed by atoms with Gasteiger partial charge in [0.05, 0.1) is 11.8 Å². The summed E-state index contributed by atoms with van der Waals surface area (Å²) in [6, 6.07) is 12.3. The molecule has 2 aromatic rings. The van der Waals surface area contributed by atoms with Crippen LogP contribution >= 0.6 is 34.7 Å². The summed E-state index contributed by atoms with van der Waals surface area (Å²) in [4.78, 5) is 15.9. The van der Waals surface area contributed by atoms with Gasteiger partial charge in [0.2, 0.25) is 5.91 Å². The Morgan fingerprint density at radius 2 is 2.14 bits per heavy atom. The van der Waals surface area contributed by atoms with Crippen molar-refractivity contribution in [2.24, 2.45) is 0 Å². The fourth-order valence-corrected chi connectivity index (χ4v) is 4.63. The number of thioether (sulfide) groups is 1. The number of likely N-dealkylation sites (tertiary alicyclic amines) is 1. The number of carbonyl (C=O) groups is 1. The summed E-state index contributed by atoms with van der Waals surface area (Å²) >= 11 is 9.31. The maximum atomic E-state index is 12.5. The lowest BCUT2D eigenvalue weighted by molar-refractivity contribution is -0.129. The summed E-state index contributed by atoms with van der Waals surface area (Å²) in [5.74, 6) is 1.65. The lowest BCUT2D eigenvalue weighted by atomic mass is 10.2. The number of nitrogens with zero attached hydrogens (tertiary/aromatic N) is 1. The number of halogens is 1. The Hall–Kier alpha value is -0.970. The van der Waals surface area contributed by atoms with Crippen LogP contribution in [-0.2, 0) is 10.5 Å². The van der Waals surface area contributed by atoms with Gasteiger partial charge in [-0.25, -0.2) is 0 Å². The number of benzene rings is 1. The summed E-state index contributed by atoms with van der Waals surface area (Å²) in [6.45, 7) is 0.892. The van der Waals surface area contributed by atoms with Gasteiger partial charge in [-0.2, -0.15) is 0 Å². The smallest absolute Gasteiger partial charge is 0.233 e. The summed E-state index contributed by atoms with van der Waals surface area (Å²) < 4.78 is 0. The van der Waals surface area contributed by atoms with Gasteiger partial charge in [0.15, 0.2) is 0 Å². The molecule has 1 aliphatic rings. The van der Waals surface area contributed by atoms with E-state index in [1.807, 2.05) is 24.3 Å². The standard InChI is InChI=1S/C17H18ClNOS2/c18-14-7-5-13(6-8-14)11-21-12-17(20)19-9-1-3-15(19)16-4-2-10-22-16/h2,4-8,10,15H,1,3,9,11-12H2. The van der Waals surface area contributed by atoms with Gasteiger partial charge >= 0.3 is 0 Å². The molecule has 1 atom stereocenters. The highest BCUT2D eigenvalue weighted by atomic mass is 35.5. The number of rotatable bonds is 5. The molecule has 22 heavy (non-hydrogen) atoms. The van der Waals surface area contributed by atoms with E-state index in [1.54, 1.807) is 23.1 Å². The highest BCUT2D eigenvalue weighted by molar-refractivity contribution is 7.99. The lowest BCUT2D eigenvalue weighted by Gasteiger charge is -2.23. The van der Waals surface area contributed by atoms with Crippen molar-refractivity contribution in [1.82, 2.24) is 4.90 Å². The van der Waals surface area contributed by atoms with Crippen LogP contribution in [-0.4, -0.2) is 23.1 Å². The first kappa shape index (κ1) is 15.9. The first-order chi connectivity index (χ1) is 10.7. The molecule has 1 fully saturated rings. The van der Waals surface area contributed by atoms with Crippen molar-refractivity contribution in [3.05, 3.63) is 57.2 Å². The van der Waals surface area contributed by atoms with Crippen LogP contribution in [0.25, 0.3) is 0 Å². The van der Waals surface area contributed by atoms with E-state index in [-0.39, 0.29) is 5.91 Å². The molecule has 1 unspecified atom stereocenters. The highest BCUT2D eigenvalue weighted by Crippen LogP contribution is 2.34. The van der Waals surface area contributed by atoms with Crippen molar-refractivity contribution in [2.45, 2.75) is 24.6 Å². The van der Waals surface area contributed by atoms with Gasteiger partial charge in [-0.05, 0) is 42.0 Å². The number of hydrogen-bond acceptors (Lipinski definition) is 3. The highest BCUT2D eigenvalue weighted by Gasteiger charge is 2.30. The zero-order valence-corrected chi connectivity index (χ0v) is 14.6. The van der Waals surface area contributed by atoms with Crippen LogP contribution in [0.3, 0.4) is 0 Å². The Labute approximate surface area is 144 Å². The summed E-state index contributed by atoms with van der Waals surface area (Å²) in [7, 11) is 0. The number of thiophene rings is 1. The molecule has 1 aromatic carbocycles. The molecule has 2 nitrogen and oxygen atoms in total. The van der Waals surface area contributed by atoms with E-state index in [0.29, 0.717) is 11.8 Å². The first-order valence-corrected chi connectivity index (χ1v) is 9.80. The Morgan fingerprint density at radius 1 is 1.32 bits per heavy atom. The van der Waals surface area contributed by atoms with Crippen LogP contribution in [0.15, 0.2) is 41.8 Å². The van der Waals surface area contributed by atoms with E-state index in [0.717, 1.165) is 30.2 Å². The molecular formula is C17H18ClNOS2. The molecule has 116 valence electrons. The first-order valence-electron chi connectivity index (χ1n) is 7.39. The fraction of sp³-hybridized carbons (Fsp3) is 0.353. The van der Waals surface area contributed by atoms with E-state index in [9.17, 15) is 4.79 Å². The van der Waals surface area contributed by atoms with Gasteiger partial charge in [0.1, 0.15) is 0 Å². The third-order valence-corrected chi connectivity index (χ3v) is 6.07. The fourth-order valence-electron chi connectivity index (χ4n) is 2.76. The summed E-state index contributed by atoms with van der Waals surface area (Å²) in [6.07, 6.45) is 2.20. The van der Waals surface area contributed by atoms with Crippen molar-refractivity contribution < 1.29 is 4.79 Å². The van der Waals surface area contributed by atoms with E-state index < -0.39 is 0 Å². The largest absolute Gasteiger partial charge is 0.334 e. The number of hydrogen-bond donors (Lipinski definition) is 0. The maximum Gasteiger partial charge on any atom is 0.233 e. The third kappa shape index (κ3) is 3.86. The van der Waals surface area contributed by atoms with E-state index in [2.05, 4.69) is 22.4 Å². The number of carbonyl (C=O) groups excluding carboxylic acids is 1. The molecule has 1 aliphatic heterocycles. The Kier molecular flexibility index (Phi) is 5.45. The van der Waals surface area contributed by atoms with Gasteiger partial charge in [0.25, 0.3) is 0 Å². The molecule has 0 bridgehead atoms. The zero-order valence-electron chi connectivity index (χ0n) is 12.2. The normalized spacial score (nSPS) is 17.9. The average Bonchev–Trinajstić information content (AvgIpc) is 3.19. The van der Waals surface area contributed by atoms with Crippen LogP contribution in [0.1, 0.15) is 29.3 Å². The Morgan fingerprint density at radius 3 is 2.86 bits per heavy atom. The van der Waals surface area contributed by atoms with Gasteiger partial charge in [0, 0.05) is 22.2 Å². The van der Waals surface area contributed by atoms with Crippen LogP contribution in [0.4, 0.5) is 0 Å². The van der Waals surface area contributed by atoms with Crippen LogP contribution in [0, 0.1) is 0 Å². The van der Waals surface area contributed by atoms with E-state index in [4.69, 9.17) is 11.6 Å². The van der Waals surface area contributed by atoms with Crippen molar-refractivity contribution in [1.29, 1.82) is 0 Å². The molecule has 3 rings (SSSR count). The van der Waals surface area contributed by atoms with Crippen molar-refractivity contribution in [3.8, 4) is 0 Å². The van der Waals surface area contributed by atoms with Crippen LogP contribution in [0.2, 0.25) is 5.02 Å². The molecule has 2 heterocycles. The van der Waals surface area contributed by atoms with E-state index >= 15 is 0 Å².